The van der Waals surface area contributed by atoms with Crippen LogP contribution in [0, 0.1) is 5.92 Å². The summed E-state index contributed by atoms with van der Waals surface area (Å²) in [7, 11) is 0. The monoisotopic (exact) mass is 256 g/mol. The molecule has 1 amide bonds. The molecule has 1 saturated heterocycles. The van der Waals surface area contributed by atoms with Crippen molar-refractivity contribution in [3.05, 3.63) is 17.3 Å². The molecule has 0 bridgehead atoms. The van der Waals surface area contributed by atoms with Gasteiger partial charge in [-0.2, -0.15) is 0 Å². The largest absolute Gasteiger partial charge is 0.504 e. The lowest BCUT2D eigenvalue weighted by Gasteiger charge is -2.15. The summed E-state index contributed by atoms with van der Waals surface area (Å²) in [6.07, 6.45) is 1.21. The molecule has 0 aromatic carbocycles. The number of carboxylic acids is 1. The normalized spacial score (nSPS) is 19.7. The molecule has 1 unspecified atom stereocenters. The molecule has 0 radical (unpaired) electrons. The first-order chi connectivity index (χ1) is 7.99. The van der Waals surface area contributed by atoms with Crippen molar-refractivity contribution in [1.29, 1.82) is 0 Å². The summed E-state index contributed by atoms with van der Waals surface area (Å²) in [6.45, 7) is 0.0103. The number of nitrogens with zero attached hydrogens (tertiary/aromatic N) is 2. The van der Waals surface area contributed by atoms with Gasteiger partial charge in [0.25, 0.3) is 0 Å². The fraction of sp³-hybridized carbons (Fsp3) is 0.300. The minimum absolute atomic E-state index is 0.0103. The first kappa shape index (κ1) is 11.7. The lowest BCUT2D eigenvalue weighted by atomic mass is 10.1. The number of anilines is 1. The van der Waals surface area contributed by atoms with Gasteiger partial charge < -0.3 is 10.2 Å². The summed E-state index contributed by atoms with van der Waals surface area (Å²) >= 11 is 5.62. The van der Waals surface area contributed by atoms with Crippen molar-refractivity contribution in [3.8, 4) is 5.75 Å². The Bertz CT molecular complexity index is 491. The molecule has 7 heteroatoms. The molecule has 0 aliphatic carbocycles. The molecule has 1 aromatic rings. The zero-order valence-corrected chi connectivity index (χ0v) is 9.39. The minimum Gasteiger partial charge on any atom is -0.504 e. The Morgan fingerprint density at radius 2 is 2.29 bits per heavy atom. The van der Waals surface area contributed by atoms with Crippen molar-refractivity contribution in [2.45, 2.75) is 6.42 Å². The molecule has 1 aliphatic heterocycles. The molecule has 2 heterocycles. The highest BCUT2D eigenvalue weighted by Gasteiger charge is 2.36. The van der Waals surface area contributed by atoms with Crippen LogP contribution in [-0.2, 0) is 9.59 Å². The second kappa shape index (κ2) is 4.21. The maximum Gasteiger partial charge on any atom is 0.308 e. The van der Waals surface area contributed by atoms with Crippen LogP contribution in [0.1, 0.15) is 6.42 Å². The number of pyridine rings is 1. The molecule has 1 aliphatic rings. The molecular formula is C10H9ClN2O4. The Morgan fingerprint density at radius 1 is 1.59 bits per heavy atom. The van der Waals surface area contributed by atoms with Crippen molar-refractivity contribution >= 4 is 29.3 Å². The van der Waals surface area contributed by atoms with Gasteiger partial charge in [0.2, 0.25) is 5.91 Å². The number of carbonyl (C=O) groups excluding carboxylic acids is 1. The summed E-state index contributed by atoms with van der Waals surface area (Å²) in [5, 5.41) is 18.7. The number of halogens is 1. The third kappa shape index (κ3) is 2.16. The van der Waals surface area contributed by atoms with Gasteiger partial charge in [0.15, 0.2) is 11.6 Å². The van der Waals surface area contributed by atoms with E-state index in [0.717, 1.165) is 4.90 Å². The molecule has 17 heavy (non-hydrogen) atoms. The predicted octanol–water partition coefficient (Wildman–Crippen LogP) is 0.878. The molecule has 0 saturated carbocycles. The maximum absolute atomic E-state index is 11.6. The van der Waals surface area contributed by atoms with Crippen LogP contribution in [0.25, 0.3) is 0 Å². The Kier molecular flexibility index (Phi) is 2.89. The molecule has 0 spiro atoms. The lowest BCUT2D eigenvalue weighted by Crippen LogP contribution is -2.26. The quantitative estimate of drug-likeness (QED) is 0.820. The van der Waals surface area contributed by atoms with E-state index in [1.54, 1.807) is 0 Å². The highest BCUT2D eigenvalue weighted by molar-refractivity contribution is 6.30. The Hall–Kier alpha value is -1.82. The fourth-order valence-electron chi connectivity index (χ4n) is 1.71. The van der Waals surface area contributed by atoms with Crippen molar-refractivity contribution in [1.82, 2.24) is 4.98 Å². The van der Waals surface area contributed by atoms with E-state index >= 15 is 0 Å². The summed E-state index contributed by atoms with van der Waals surface area (Å²) in [4.78, 5) is 27.4. The van der Waals surface area contributed by atoms with Crippen LogP contribution in [0.15, 0.2) is 12.3 Å². The summed E-state index contributed by atoms with van der Waals surface area (Å²) in [6, 6.07) is 1.26. The van der Waals surface area contributed by atoms with E-state index in [1.165, 1.54) is 12.3 Å². The Morgan fingerprint density at radius 3 is 2.82 bits per heavy atom. The number of aromatic hydroxyl groups is 1. The van der Waals surface area contributed by atoms with Crippen molar-refractivity contribution < 1.29 is 19.8 Å². The van der Waals surface area contributed by atoms with E-state index in [-0.39, 0.29) is 35.5 Å². The molecule has 1 fully saturated rings. The van der Waals surface area contributed by atoms with Crippen LogP contribution in [0.4, 0.5) is 5.82 Å². The van der Waals surface area contributed by atoms with Crippen LogP contribution >= 0.6 is 11.6 Å². The van der Waals surface area contributed by atoms with E-state index in [0.29, 0.717) is 0 Å². The van der Waals surface area contributed by atoms with Gasteiger partial charge >= 0.3 is 5.97 Å². The standard InChI is InChI=1S/C10H9ClN2O4/c11-6-2-7(14)9(12-3-6)13-4-5(10(16)17)1-8(13)15/h2-3,5,14H,1,4H2,(H,16,17). The number of hydrogen-bond acceptors (Lipinski definition) is 4. The molecule has 1 aromatic heterocycles. The number of rotatable bonds is 2. The SMILES string of the molecule is O=C(O)C1CC(=O)N(c2ncc(Cl)cc2O)C1. The summed E-state index contributed by atoms with van der Waals surface area (Å²) in [5.41, 5.74) is 0. The summed E-state index contributed by atoms with van der Waals surface area (Å²) < 4.78 is 0. The van der Waals surface area contributed by atoms with E-state index in [1.807, 2.05) is 0 Å². The predicted molar refractivity (Wildman–Crippen MR) is 59.0 cm³/mol. The number of carbonyl (C=O) groups is 2. The van der Waals surface area contributed by atoms with Crippen LogP contribution in [0.2, 0.25) is 5.02 Å². The smallest absolute Gasteiger partial charge is 0.308 e. The van der Waals surface area contributed by atoms with E-state index in [9.17, 15) is 14.7 Å². The fourth-order valence-corrected chi connectivity index (χ4v) is 1.86. The molecule has 6 nitrogen and oxygen atoms in total. The van der Waals surface area contributed by atoms with Crippen LogP contribution in [0.5, 0.6) is 5.75 Å². The van der Waals surface area contributed by atoms with Gasteiger partial charge in [-0.3, -0.25) is 14.5 Å². The minimum atomic E-state index is -1.03. The highest BCUT2D eigenvalue weighted by atomic mass is 35.5. The lowest BCUT2D eigenvalue weighted by molar-refractivity contribution is -0.141. The van der Waals surface area contributed by atoms with Gasteiger partial charge in [-0.15, -0.1) is 0 Å². The van der Waals surface area contributed by atoms with E-state index in [4.69, 9.17) is 16.7 Å². The van der Waals surface area contributed by atoms with Gasteiger partial charge in [0.05, 0.1) is 10.9 Å². The zero-order chi connectivity index (χ0) is 12.6. The van der Waals surface area contributed by atoms with Gasteiger partial charge in [0.1, 0.15) is 0 Å². The molecule has 2 rings (SSSR count). The summed E-state index contributed by atoms with van der Waals surface area (Å²) in [5.74, 6) is -2.36. The van der Waals surface area contributed by atoms with E-state index < -0.39 is 11.9 Å². The maximum atomic E-state index is 11.6. The first-order valence-corrected chi connectivity index (χ1v) is 5.24. The third-order valence-corrected chi connectivity index (χ3v) is 2.75. The molecule has 90 valence electrons. The van der Waals surface area contributed by atoms with Gasteiger partial charge in [-0.1, -0.05) is 11.6 Å². The van der Waals surface area contributed by atoms with Crippen LogP contribution < -0.4 is 4.90 Å². The average molecular weight is 257 g/mol. The third-order valence-electron chi connectivity index (χ3n) is 2.54. The number of aromatic nitrogens is 1. The van der Waals surface area contributed by atoms with Crippen molar-refractivity contribution in [2.75, 3.05) is 11.4 Å². The number of amides is 1. The average Bonchev–Trinajstić information content (AvgIpc) is 2.61. The van der Waals surface area contributed by atoms with Gasteiger partial charge in [-0.05, 0) is 0 Å². The Labute approximate surface area is 101 Å². The van der Waals surface area contributed by atoms with Crippen LogP contribution in [0.3, 0.4) is 0 Å². The number of carboxylic acid groups (broad SMARTS) is 1. The van der Waals surface area contributed by atoms with E-state index in [2.05, 4.69) is 4.98 Å². The van der Waals surface area contributed by atoms with Crippen molar-refractivity contribution in [2.24, 2.45) is 5.92 Å². The molecule has 2 N–H and O–H groups in total. The van der Waals surface area contributed by atoms with Crippen molar-refractivity contribution in [3.63, 3.8) is 0 Å². The number of aliphatic carboxylic acids is 1. The molecule has 1 atom stereocenters. The second-order valence-corrected chi connectivity index (χ2v) is 4.18. The Balaban J connectivity index is 2.29. The topological polar surface area (TPSA) is 90.7 Å². The van der Waals surface area contributed by atoms with Crippen LogP contribution in [-0.4, -0.2) is 33.6 Å². The van der Waals surface area contributed by atoms with Gasteiger partial charge in [0, 0.05) is 25.2 Å². The molecular weight excluding hydrogens is 248 g/mol. The first-order valence-electron chi connectivity index (χ1n) is 4.86. The van der Waals surface area contributed by atoms with Gasteiger partial charge in [-0.25, -0.2) is 4.98 Å². The zero-order valence-electron chi connectivity index (χ0n) is 8.63. The highest BCUT2D eigenvalue weighted by Crippen LogP contribution is 2.31. The second-order valence-electron chi connectivity index (χ2n) is 3.74. The number of hydrogen-bond donors (Lipinski definition) is 2.